The molecule has 6 heteroatoms. The van der Waals surface area contributed by atoms with Gasteiger partial charge in [-0.15, -0.1) is 0 Å². The summed E-state index contributed by atoms with van der Waals surface area (Å²) in [6.45, 7) is 4.17. The van der Waals surface area contributed by atoms with Gasteiger partial charge in [-0.25, -0.2) is 4.79 Å². The second kappa shape index (κ2) is 12.5. The summed E-state index contributed by atoms with van der Waals surface area (Å²) in [7, 11) is 1.29. The molecule has 0 radical (unpaired) electrons. The van der Waals surface area contributed by atoms with Crippen LogP contribution in [-0.2, 0) is 4.74 Å². The lowest BCUT2D eigenvalue weighted by Gasteiger charge is -2.17. The van der Waals surface area contributed by atoms with E-state index in [-0.39, 0.29) is 5.56 Å². The molecule has 148 valence electrons. The normalized spacial score (nSPS) is 13.1. The Labute approximate surface area is 156 Å². The van der Waals surface area contributed by atoms with Gasteiger partial charge in [-0.05, 0) is 25.0 Å². The van der Waals surface area contributed by atoms with E-state index in [1.54, 1.807) is 6.07 Å². The summed E-state index contributed by atoms with van der Waals surface area (Å²) in [6.07, 6.45) is 4.94. The van der Waals surface area contributed by atoms with Crippen LogP contribution in [0, 0.1) is 0 Å². The molecule has 2 unspecified atom stereocenters. The number of hydrogen-bond donors (Lipinski definition) is 2. The van der Waals surface area contributed by atoms with Crippen molar-refractivity contribution in [2.45, 2.75) is 77.8 Å². The van der Waals surface area contributed by atoms with Gasteiger partial charge in [0.1, 0.15) is 11.5 Å². The minimum Gasteiger partial charge on any atom is -0.465 e. The van der Waals surface area contributed by atoms with E-state index in [0.717, 1.165) is 38.5 Å². The summed E-state index contributed by atoms with van der Waals surface area (Å²) in [5.41, 5.74) is 0.238. The van der Waals surface area contributed by atoms with Gasteiger partial charge in [-0.2, -0.15) is 0 Å². The molecule has 6 nitrogen and oxygen atoms in total. The fraction of sp³-hybridized carbons (Fsp3) is 0.650. The molecule has 0 aromatic heterocycles. The third kappa shape index (κ3) is 8.54. The third-order valence-electron chi connectivity index (χ3n) is 3.95. The highest BCUT2D eigenvalue weighted by molar-refractivity contribution is 5.90. The van der Waals surface area contributed by atoms with Crippen LogP contribution in [-0.4, -0.2) is 35.9 Å². The molecule has 0 amide bonds. The summed E-state index contributed by atoms with van der Waals surface area (Å²) in [5, 5.41) is 20.0. The number of benzene rings is 1. The maximum Gasteiger partial charge on any atom is 0.338 e. The Kier molecular flexibility index (Phi) is 10.7. The van der Waals surface area contributed by atoms with Crippen LogP contribution < -0.4 is 9.47 Å². The van der Waals surface area contributed by atoms with Crippen molar-refractivity contribution in [3.8, 4) is 11.5 Å². The molecule has 1 rings (SSSR count). The number of methoxy groups -OCH3 is 1. The van der Waals surface area contributed by atoms with Gasteiger partial charge < -0.3 is 24.4 Å². The molecule has 0 saturated heterocycles. The minimum absolute atomic E-state index is 0.238. The first-order chi connectivity index (χ1) is 12.5. The Morgan fingerprint density at radius 2 is 1.35 bits per heavy atom. The van der Waals surface area contributed by atoms with Crippen LogP contribution in [0.4, 0.5) is 0 Å². The van der Waals surface area contributed by atoms with Crippen molar-refractivity contribution in [3.05, 3.63) is 23.8 Å². The van der Waals surface area contributed by atoms with E-state index < -0.39 is 18.5 Å². The number of rotatable bonds is 13. The van der Waals surface area contributed by atoms with Gasteiger partial charge in [0.15, 0.2) is 12.6 Å². The number of aliphatic hydroxyl groups excluding tert-OH is 2. The maximum absolute atomic E-state index is 11.9. The monoisotopic (exact) mass is 368 g/mol. The van der Waals surface area contributed by atoms with Crippen molar-refractivity contribution in [2.75, 3.05) is 7.11 Å². The first kappa shape index (κ1) is 22.3. The van der Waals surface area contributed by atoms with Gasteiger partial charge in [0, 0.05) is 18.9 Å². The smallest absolute Gasteiger partial charge is 0.338 e. The zero-order chi connectivity index (χ0) is 19.4. The zero-order valence-corrected chi connectivity index (χ0v) is 16.1. The van der Waals surface area contributed by atoms with E-state index in [2.05, 4.69) is 13.8 Å². The highest BCUT2D eigenvalue weighted by Crippen LogP contribution is 2.26. The molecule has 0 aliphatic carbocycles. The molecule has 2 N–H and O–H groups in total. The molecule has 26 heavy (non-hydrogen) atoms. The second-order valence-electron chi connectivity index (χ2n) is 6.32. The van der Waals surface area contributed by atoms with Crippen molar-refractivity contribution in [1.82, 2.24) is 0 Å². The summed E-state index contributed by atoms with van der Waals surface area (Å²) in [5.74, 6) is 0.0570. The number of carbonyl (C=O) groups excluding carboxylic acids is 1. The van der Waals surface area contributed by atoms with Crippen LogP contribution in [0.2, 0.25) is 0 Å². The van der Waals surface area contributed by atoms with Crippen molar-refractivity contribution in [2.24, 2.45) is 0 Å². The summed E-state index contributed by atoms with van der Waals surface area (Å²) in [4.78, 5) is 11.9. The molecule has 2 atom stereocenters. The fourth-order valence-electron chi connectivity index (χ4n) is 2.51. The van der Waals surface area contributed by atoms with E-state index in [0.29, 0.717) is 24.3 Å². The number of carbonyl (C=O) groups is 1. The first-order valence-electron chi connectivity index (χ1n) is 9.43. The molecular weight excluding hydrogens is 336 g/mol. The largest absolute Gasteiger partial charge is 0.465 e. The van der Waals surface area contributed by atoms with Crippen molar-refractivity contribution < 1.29 is 29.2 Å². The number of ether oxygens (including phenoxy) is 3. The third-order valence-corrected chi connectivity index (χ3v) is 3.95. The predicted molar refractivity (Wildman–Crippen MR) is 99.3 cm³/mol. The lowest BCUT2D eigenvalue weighted by molar-refractivity contribution is -0.0293. The second-order valence-corrected chi connectivity index (χ2v) is 6.32. The Balaban J connectivity index is 2.80. The number of esters is 1. The van der Waals surface area contributed by atoms with Gasteiger partial charge in [0.25, 0.3) is 0 Å². The van der Waals surface area contributed by atoms with Gasteiger partial charge in [0.2, 0.25) is 0 Å². The average Bonchev–Trinajstić information content (AvgIpc) is 2.61. The Morgan fingerprint density at radius 1 is 0.885 bits per heavy atom. The summed E-state index contributed by atoms with van der Waals surface area (Å²) < 4.78 is 15.7. The van der Waals surface area contributed by atoms with Crippen LogP contribution in [0.25, 0.3) is 0 Å². The molecule has 0 aliphatic rings. The highest BCUT2D eigenvalue weighted by atomic mass is 16.6. The fourth-order valence-corrected chi connectivity index (χ4v) is 2.51. The van der Waals surface area contributed by atoms with Crippen LogP contribution in [0.5, 0.6) is 11.5 Å². The van der Waals surface area contributed by atoms with Crippen molar-refractivity contribution in [3.63, 3.8) is 0 Å². The van der Waals surface area contributed by atoms with Gasteiger partial charge in [0.05, 0.1) is 12.7 Å². The molecule has 1 aromatic carbocycles. The highest BCUT2D eigenvalue weighted by Gasteiger charge is 2.15. The Hall–Kier alpha value is -1.79. The van der Waals surface area contributed by atoms with Crippen LogP contribution in [0.1, 0.15) is 75.6 Å². The minimum atomic E-state index is -0.961. The van der Waals surface area contributed by atoms with Gasteiger partial charge in [-0.1, -0.05) is 39.5 Å². The standard InChI is InChI=1S/C20H32O6/c1-4-6-8-10-18(21)25-16-12-15(20(23)24-3)13-17(14-16)26-19(22)11-9-7-5-2/h12-14,18-19,21-22H,4-11H2,1-3H3. The molecule has 0 spiro atoms. The Morgan fingerprint density at radius 3 is 1.73 bits per heavy atom. The summed E-state index contributed by atoms with van der Waals surface area (Å²) >= 11 is 0. The predicted octanol–water partition coefficient (Wildman–Crippen LogP) is 4.03. The van der Waals surface area contributed by atoms with E-state index in [1.807, 2.05) is 0 Å². The molecule has 0 saturated carbocycles. The molecule has 0 fully saturated rings. The number of unbranched alkanes of at least 4 members (excludes halogenated alkanes) is 4. The van der Waals surface area contributed by atoms with Crippen molar-refractivity contribution >= 4 is 5.97 Å². The summed E-state index contributed by atoms with van der Waals surface area (Å²) in [6, 6.07) is 4.54. The molecule has 1 aromatic rings. The van der Waals surface area contributed by atoms with E-state index >= 15 is 0 Å². The molecule has 0 bridgehead atoms. The molecule has 0 aliphatic heterocycles. The number of aliphatic hydroxyl groups is 2. The quantitative estimate of drug-likeness (QED) is 0.311. The van der Waals surface area contributed by atoms with E-state index in [9.17, 15) is 15.0 Å². The average molecular weight is 368 g/mol. The maximum atomic E-state index is 11.9. The lowest BCUT2D eigenvalue weighted by Crippen LogP contribution is -2.17. The van der Waals surface area contributed by atoms with E-state index in [1.165, 1.54) is 19.2 Å². The van der Waals surface area contributed by atoms with Gasteiger partial charge >= 0.3 is 5.97 Å². The lowest BCUT2D eigenvalue weighted by atomic mass is 10.2. The van der Waals surface area contributed by atoms with Crippen LogP contribution in [0.15, 0.2) is 18.2 Å². The van der Waals surface area contributed by atoms with E-state index in [4.69, 9.17) is 14.2 Å². The Bertz CT molecular complexity index is 495. The topological polar surface area (TPSA) is 85.2 Å². The van der Waals surface area contributed by atoms with Crippen LogP contribution in [0.3, 0.4) is 0 Å². The van der Waals surface area contributed by atoms with Crippen molar-refractivity contribution in [1.29, 1.82) is 0 Å². The first-order valence-corrected chi connectivity index (χ1v) is 9.43. The van der Waals surface area contributed by atoms with Gasteiger partial charge in [-0.3, -0.25) is 0 Å². The number of hydrogen-bond acceptors (Lipinski definition) is 6. The zero-order valence-electron chi connectivity index (χ0n) is 16.1. The SMILES string of the molecule is CCCCCC(O)Oc1cc(OC(O)CCCCC)cc(C(=O)OC)c1. The van der Waals surface area contributed by atoms with Crippen LogP contribution >= 0.6 is 0 Å². The molecular formula is C20H32O6. The molecule has 0 heterocycles.